The molecule has 0 bridgehead atoms. The average molecular weight is 443 g/mol. The van der Waals surface area contributed by atoms with Crippen molar-refractivity contribution in [1.29, 1.82) is 0 Å². The lowest BCUT2D eigenvalue weighted by Crippen LogP contribution is -2.48. The van der Waals surface area contributed by atoms with E-state index in [9.17, 15) is 14.4 Å². The van der Waals surface area contributed by atoms with Crippen molar-refractivity contribution in [3.63, 3.8) is 0 Å². The number of ether oxygens (including phenoxy) is 1. The topological polar surface area (TPSA) is 66.9 Å². The second-order valence-corrected chi connectivity index (χ2v) is 9.43. The Morgan fingerprint density at radius 2 is 1.55 bits per heavy atom. The van der Waals surface area contributed by atoms with Crippen LogP contribution in [0.3, 0.4) is 0 Å². The van der Waals surface area contributed by atoms with Crippen molar-refractivity contribution in [2.45, 2.75) is 50.2 Å². The van der Waals surface area contributed by atoms with Crippen molar-refractivity contribution in [2.24, 2.45) is 0 Å². The molecule has 168 valence electrons. The Bertz CT molecular complexity index is 1160. The number of benzene rings is 2. The SMILES string of the molecule is O=C1C=C(N2CCc3ccccc3[C@@H]2CN2C(=O)c3ccccc3C2=O)C2(CCCCC2)O1. The first-order valence-corrected chi connectivity index (χ1v) is 11.8. The van der Waals surface area contributed by atoms with E-state index in [1.54, 1.807) is 30.3 Å². The zero-order valence-corrected chi connectivity index (χ0v) is 18.5. The van der Waals surface area contributed by atoms with Gasteiger partial charge in [-0.25, -0.2) is 4.79 Å². The predicted octanol–water partition coefficient (Wildman–Crippen LogP) is 4.03. The van der Waals surface area contributed by atoms with Crippen molar-refractivity contribution >= 4 is 17.8 Å². The third kappa shape index (κ3) is 3.11. The molecule has 4 aliphatic rings. The fourth-order valence-corrected chi connectivity index (χ4v) is 6.06. The smallest absolute Gasteiger partial charge is 0.333 e. The van der Waals surface area contributed by atoms with Gasteiger partial charge in [-0.2, -0.15) is 0 Å². The minimum Gasteiger partial charge on any atom is -0.449 e. The van der Waals surface area contributed by atoms with E-state index < -0.39 is 5.60 Å². The monoisotopic (exact) mass is 442 g/mol. The van der Waals surface area contributed by atoms with Gasteiger partial charge in [0.1, 0.15) is 0 Å². The second kappa shape index (κ2) is 7.58. The minimum absolute atomic E-state index is 0.225. The minimum atomic E-state index is -0.581. The zero-order chi connectivity index (χ0) is 22.6. The number of amides is 2. The summed E-state index contributed by atoms with van der Waals surface area (Å²) < 4.78 is 5.93. The summed E-state index contributed by atoms with van der Waals surface area (Å²) in [5, 5.41) is 0. The van der Waals surface area contributed by atoms with Crippen LogP contribution in [0.15, 0.2) is 60.3 Å². The molecule has 1 atom stereocenters. The molecule has 33 heavy (non-hydrogen) atoms. The van der Waals surface area contributed by atoms with Crippen LogP contribution in [0, 0.1) is 0 Å². The number of fused-ring (bicyclic) bond motifs is 2. The molecule has 6 heteroatoms. The second-order valence-electron chi connectivity index (χ2n) is 9.43. The van der Waals surface area contributed by atoms with Gasteiger partial charge in [0.25, 0.3) is 11.8 Å². The molecule has 3 aliphatic heterocycles. The molecule has 1 spiro atoms. The van der Waals surface area contributed by atoms with Crippen molar-refractivity contribution < 1.29 is 19.1 Å². The van der Waals surface area contributed by atoms with Crippen molar-refractivity contribution in [3.8, 4) is 0 Å². The first kappa shape index (κ1) is 20.2. The van der Waals surface area contributed by atoms with Crippen LogP contribution in [0.2, 0.25) is 0 Å². The first-order valence-electron chi connectivity index (χ1n) is 11.8. The van der Waals surface area contributed by atoms with E-state index >= 15 is 0 Å². The molecule has 0 aromatic heterocycles. The summed E-state index contributed by atoms with van der Waals surface area (Å²) in [4.78, 5) is 42.4. The molecule has 2 aromatic carbocycles. The largest absolute Gasteiger partial charge is 0.449 e. The Morgan fingerprint density at radius 1 is 0.879 bits per heavy atom. The highest BCUT2D eigenvalue weighted by Gasteiger charge is 2.49. The number of esters is 1. The summed E-state index contributed by atoms with van der Waals surface area (Å²) in [6.45, 7) is 0.958. The molecule has 1 saturated carbocycles. The maximum absolute atomic E-state index is 13.2. The highest BCUT2D eigenvalue weighted by atomic mass is 16.6. The van der Waals surface area contributed by atoms with E-state index in [0.29, 0.717) is 11.1 Å². The lowest BCUT2D eigenvalue weighted by Gasteiger charge is -2.46. The van der Waals surface area contributed by atoms with Gasteiger partial charge in [0, 0.05) is 12.6 Å². The molecule has 2 amide bonds. The Morgan fingerprint density at radius 3 is 2.27 bits per heavy atom. The number of hydrogen-bond acceptors (Lipinski definition) is 5. The van der Waals surface area contributed by atoms with Gasteiger partial charge in [0.2, 0.25) is 0 Å². The molecular formula is C27H26N2O4. The number of carbonyl (C=O) groups is 3. The quantitative estimate of drug-likeness (QED) is 0.531. The number of nitrogens with zero attached hydrogens (tertiary/aromatic N) is 2. The summed E-state index contributed by atoms with van der Waals surface area (Å²) in [5.41, 5.74) is 3.58. The van der Waals surface area contributed by atoms with Crippen LogP contribution in [0.1, 0.15) is 70.0 Å². The standard InChI is InChI=1S/C27H26N2O4/c30-24-16-23(27(33-24)13-6-1-7-14-27)28-15-12-18-8-2-3-9-19(18)22(28)17-29-25(31)20-10-4-5-11-21(20)26(29)32/h2-5,8-11,16,22H,1,6-7,12-15,17H2/t22-/m0/s1. The van der Waals surface area contributed by atoms with E-state index in [-0.39, 0.29) is 30.4 Å². The van der Waals surface area contributed by atoms with Gasteiger partial charge < -0.3 is 9.64 Å². The number of imide groups is 1. The third-order valence-corrected chi connectivity index (χ3v) is 7.63. The van der Waals surface area contributed by atoms with Crippen molar-refractivity contribution in [2.75, 3.05) is 13.1 Å². The van der Waals surface area contributed by atoms with Gasteiger partial charge in [-0.15, -0.1) is 0 Å². The molecule has 1 fully saturated rings. The lowest BCUT2D eigenvalue weighted by atomic mass is 9.80. The molecule has 0 radical (unpaired) electrons. The van der Waals surface area contributed by atoms with Crippen LogP contribution < -0.4 is 0 Å². The zero-order valence-electron chi connectivity index (χ0n) is 18.5. The molecule has 0 N–H and O–H groups in total. The van der Waals surface area contributed by atoms with Gasteiger partial charge in [0.15, 0.2) is 5.60 Å². The van der Waals surface area contributed by atoms with E-state index in [1.165, 1.54) is 10.5 Å². The summed E-state index contributed by atoms with van der Waals surface area (Å²) in [6, 6.07) is 15.0. The highest BCUT2D eigenvalue weighted by Crippen LogP contribution is 2.46. The highest BCUT2D eigenvalue weighted by molar-refractivity contribution is 6.21. The summed E-state index contributed by atoms with van der Waals surface area (Å²) in [5.74, 6) is -0.789. The molecular weight excluding hydrogens is 416 g/mol. The van der Waals surface area contributed by atoms with Crippen LogP contribution >= 0.6 is 0 Å². The van der Waals surface area contributed by atoms with E-state index in [0.717, 1.165) is 56.3 Å². The van der Waals surface area contributed by atoms with Crippen LogP contribution in [0.4, 0.5) is 0 Å². The van der Waals surface area contributed by atoms with Crippen LogP contribution in [-0.2, 0) is 16.0 Å². The van der Waals surface area contributed by atoms with E-state index in [2.05, 4.69) is 17.0 Å². The third-order valence-electron chi connectivity index (χ3n) is 7.63. The molecule has 3 heterocycles. The van der Waals surface area contributed by atoms with Gasteiger partial charge >= 0.3 is 5.97 Å². The molecule has 0 saturated heterocycles. The summed E-state index contributed by atoms with van der Waals surface area (Å²) in [6.07, 6.45) is 7.33. The Labute approximate surface area is 192 Å². The average Bonchev–Trinajstić information content (AvgIpc) is 3.28. The predicted molar refractivity (Wildman–Crippen MR) is 121 cm³/mol. The lowest BCUT2D eigenvalue weighted by molar-refractivity contribution is -0.149. The van der Waals surface area contributed by atoms with Crippen LogP contribution in [0.5, 0.6) is 0 Å². The molecule has 1 aliphatic carbocycles. The molecule has 6 nitrogen and oxygen atoms in total. The Kier molecular flexibility index (Phi) is 4.64. The number of rotatable bonds is 3. The van der Waals surface area contributed by atoms with Gasteiger partial charge in [0.05, 0.1) is 29.4 Å². The normalized spacial score (nSPS) is 23.5. The number of carbonyl (C=O) groups excluding carboxylic acids is 3. The molecule has 0 unspecified atom stereocenters. The fraction of sp³-hybridized carbons (Fsp3) is 0.370. The Balaban J connectivity index is 1.40. The fourth-order valence-electron chi connectivity index (χ4n) is 6.06. The van der Waals surface area contributed by atoms with Gasteiger partial charge in [-0.3, -0.25) is 14.5 Å². The summed E-state index contributed by atoms with van der Waals surface area (Å²) in [7, 11) is 0. The van der Waals surface area contributed by atoms with Crippen LogP contribution in [0.25, 0.3) is 0 Å². The Hall–Kier alpha value is -3.41. The van der Waals surface area contributed by atoms with Gasteiger partial charge in [-0.05, 0) is 55.4 Å². The van der Waals surface area contributed by atoms with Crippen molar-refractivity contribution in [1.82, 2.24) is 9.80 Å². The van der Waals surface area contributed by atoms with E-state index in [4.69, 9.17) is 4.74 Å². The maximum Gasteiger partial charge on any atom is 0.333 e. The maximum atomic E-state index is 13.2. The first-order chi connectivity index (χ1) is 16.1. The summed E-state index contributed by atoms with van der Waals surface area (Å²) >= 11 is 0. The van der Waals surface area contributed by atoms with E-state index in [1.807, 2.05) is 12.1 Å². The van der Waals surface area contributed by atoms with Crippen molar-refractivity contribution in [3.05, 3.63) is 82.6 Å². The molecule has 6 rings (SSSR count). The van der Waals surface area contributed by atoms with Gasteiger partial charge in [-0.1, -0.05) is 42.8 Å². The molecule has 2 aromatic rings. The van der Waals surface area contributed by atoms with Crippen LogP contribution in [-0.4, -0.2) is 46.3 Å². The number of hydrogen-bond donors (Lipinski definition) is 0.